The van der Waals surface area contributed by atoms with Gasteiger partial charge in [0.1, 0.15) is 19.0 Å². The van der Waals surface area contributed by atoms with Crippen LogP contribution in [0.25, 0.3) is 0 Å². The summed E-state index contributed by atoms with van der Waals surface area (Å²) in [5.74, 6) is -1.83. The summed E-state index contributed by atoms with van der Waals surface area (Å²) in [6.45, 7) is 1.27. The third-order valence-electron chi connectivity index (χ3n) is 4.47. The topological polar surface area (TPSA) is 102 Å². The van der Waals surface area contributed by atoms with E-state index in [1.807, 2.05) is 30.3 Å². The van der Waals surface area contributed by atoms with E-state index in [2.05, 4.69) is 10.0 Å². The molecule has 0 radical (unpaired) electrons. The molecular formula is C23H21FN2O5S. The molecule has 2 N–H and O–H groups in total. The number of carbonyl (C=O) groups excluding carboxylic acids is 2. The highest BCUT2D eigenvalue weighted by molar-refractivity contribution is 7.92. The summed E-state index contributed by atoms with van der Waals surface area (Å²) in [6, 6.07) is 18.4. The molecule has 0 unspecified atom stereocenters. The predicted octanol–water partition coefficient (Wildman–Crippen LogP) is 3.41. The van der Waals surface area contributed by atoms with Crippen molar-refractivity contribution in [2.45, 2.75) is 18.4 Å². The van der Waals surface area contributed by atoms with Gasteiger partial charge in [0.05, 0.1) is 4.90 Å². The van der Waals surface area contributed by atoms with Crippen LogP contribution in [0.5, 0.6) is 0 Å². The molecule has 166 valence electrons. The summed E-state index contributed by atoms with van der Waals surface area (Å²) in [5.41, 5.74) is 1.40. The molecule has 0 bridgehead atoms. The molecule has 0 atom stereocenters. The Balaban J connectivity index is 1.59. The van der Waals surface area contributed by atoms with Crippen LogP contribution in [0.2, 0.25) is 0 Å². The van der Waals surface area contributed by atoms with E-state index < -0.39 is 27.7 Å². The molecule has 0 aliphatic carbocycles. The minimum atomic E-state index is -4.05. The third kappa shape index (κ3) is 6.14. The van der Waals surface area contributed by atoms with Crippen LogP contribution in [0.3, 0.4) is 0 Å². The smallest absolute Gasteiger partial charge is 0.325 e. The molecule has 0 aliphatic rings. The van der Waals surface area contributed by atoms with E-state index in [9.17, 15) is 22.4 Å². The molecule has 0 saturated heterocycles. The van der Waals surface area contributed by atoms with Gasteiger partial charge < -0.3 is 10.1 Å². The fourth-order valence-electron chi connectivity index (χ4n) is 2.72. The SMILES string of the molecule is Cc1ccc(S(=O)(=O)Nc2cccc(C(=O)NCC(=O)OCc3ccccc3)c2)cc1F. The van der Waals surface area contributed by atoms with E-state index in [1.165, 1.54) is 43.3 Å². The highest BCUT2D eigenvalue weighted by Gasteiger charge is 2.17. The summed E-state index contributed by atoms with van der Waals surface area (Å²) in [4.78, 5) is 24.0. The quantitative estimate of drug-likeness (QED) is 0.506. The second-order valence-corrected chi connectivity index (χ2v) is 8.61. The van der Waals surface area contributed by atoms with E-state index >= 15 is 0 Å². The second-order valence-electron chi connectivity index (χ2n) is 6.93. The minimum Gasteiger partial charge on any atom is -0.460 e. The van der Waals surface area contributed by atoms with Crippen molar-refractivity contribution < 1.29 is 27.1 Å². The van der Waals surface area contributed by atoms with Gasteiger partial charge in [-0.3, -0.25) is 14.3 Å². The van der Waals surface area contributed by atoms with Crippen LogP contribution >= 0.6 is 0 Å². The number of nitrogens with one attached hydrogen (secondary N) is 2. The van der Waals surface area contributed by atoms with Gasteiger partial charge in [-0.05, 0) is 48.4 Å². The Morgan fingerprint density at radius 2 is 1.72 bits per heavy atom. The van der Waals surface area contributed by atoms with E-state index in [-0.39, 0.29) is 29.3 Å². The molecule has 3 aromatic rings. The Morgan fingerprint density at radius 1 is 0.969 bits per heavy atom. The molecule has 9 heteroatoms. The number of amides is 1. The molecule has 0 spiro atoms. The molecule has 0 aromatic heterocycles. The van der Waals surface area contributed by atoms with Gasteiger partial charge in [-0.2, -0.15) is 0 Å². The van der Waals surface area contributed by atoms with Crippen LogP contribution in [0.1, 0.15) is 21.5 Å². The number of sulfonamides is 1. The molecule has 0 saturated carbocycles. The molecule has 1 amide bonds. The second kappa shape index (κ2) is 10.1. The van der Waals surface area contributed by atoms with E-state index in [1.54, 1.807) is 0 Å². The first-order valence-corrected chi connectivity index (χ1v) is 11.1. The third-order valence-corrected chi connectivity index (χ3v) is 5.85. The maximum atomic E-state index is 13.7. The fraction of sp³-hybridized carbons (Fsp3) is 0.130. The van der Waals surface area contributed by atoms with Crippen molar-refractivity contribution in [1.29, 1.82) is 0 Å². The number of halogens is 1. The molecule has 7 nitrogen and oxygen atoms in total. The number of benzene rings is 3. The predicted molar refractivity (Wildman–Crippen MR) is 117 cm³/mol. The van der Waals surface area contributed by atoms with Crippen LogP contribution in [0.4, 0.5) is 10.1 Å². The first-order chi connectivity index (χ1) is 15.2. The van der Waals surface area contributed by atoms with E-state index in [4.69, 9.17) is 4.74 Å². The lowest BCUT2D eigenvalue weighted by Gasteiger charge is -2.11. The van der Waals surface area contributed by atoms with Crippen LogP contribution in [-0.2, 0) is 26.2 Å². The zero-order chi connectivity index (χ0) is 23.1. The van der Waals surface area contributed by atoms with Crippen LogP contribution in [0, 0.1) is 12.7 Å². The molecule has 32 heavy (non-hydrogen) atoms. The number of anilines is 1. The van der Waals surface area contributed by atoms with Gasteiger partial charge in [0, 0.05) is 11.3 Å². The van der Waals surface area contributed by atoms with Gasteiger partial charge in [-0.15, -0.1) is 0 Å². The first kappa shape index (κ1) is 23.0. The number of ether oxygens (including phenoxy) is 1. The first-order valence-electron chi connectivity index (χ1n) is 9.61. The maximum absolute atomic E-state index is 13.7. The van der Waals surface area contributed by atoms with Crippen molar-refractivity contribution in [1.82, 2.24) is 5.32 Å². The average molecular weight is 456 g/mol. The van der Waals surface area contributed by atoms with Crippen LogP contribution in [-0.4, -0.2) is 26.8 Å². The van der Waals surface area contributed by atoms with Gasteiger partial charge in [0.2, 0.25) is 0 Å². The highest BCUT2D eigenvalue weighted by Crippen LogP contribution is 2.19. The van der Waals surface area contributed by atoms with Crippen molar-refractivity contribution in [3.8, 4) is 0 Å². The van der Waals surface area contributed by atoms with Crippen molar-refractivity contribution in [3.05, 3.63) is 95.3 Å². The van der Waals surface area contributed by atoms with Crippen molar-refractivity contribution in [2.75, 3.05) is 11.3 Å². The minimum absolute atomic E-state index is 0.0897. The van der Waals surface area contributed by atoms with E-state index in [0.717, 1.165) is 11.6 Å². The Kier molecular flexibility index (Phi) is 7.21. The molecule has 3 rings (SSSR count). The number of esters is 1. The summed E-state index contributed by atoms with van der Waals surface area (Å²) >= 11 is 0. The number of hydrogen-bond acceptors (Lipinski definition) is 5. The summed E-state index contributed by atoms with van der Waals surface area (Å²) in [7, 11) is -4.05. The van der Waals surface area contributed by atoms with Crippen molar-refractivity contribution >= 4 is 27.6 Å². The Labute approximate surface area is 185 Å². The lowest BCUT2D eigenvalue weighted by atomic mass is 10.2. The number of rotatable bonds is 8. The summed E-state index contributed by atoms with van der Waals surface area (Å²) < 4.78 is 46.2. The van der Waals surface area contributed by atoms with Crippen LogP contribution in [0.15, 0.2) is 77.7 Å². The monoisotopic (exact) mass is 456 g/mol. The maximum Gasteiger partial charge on any atom is 0.325 e. The lowest BCUT2D eigenvalue weighted by molar-refractivity contribution is -0.143. The number of aryl methyl sites for hydroxylation is 1. The zero-order valence-corrected chi connectivity index (χ0v) is 18.0. The van der Waals surface area contributed by atoms with Crippen molar-refractivity contribution in [3.63, 3.8) is 0 Å². The van der Waals surface area contributed by atoms with Gasteiger partial charge >= 0.3 is 5.97 Å². The molecular weight excluding hydrogens is 435 g/mol. The molecule has 0 heterocycles. The summed E-state index contributed by atoms with van der Waals surface area (Å²) in [6.07, 6.45) is 0. The van der Waals surface area contributed by atoms with Crippen molar-refractivity contribution in [2.24, 2.45) is 0 Å². The average Bonchev–Trinajstić information content (AvgIpc) is 2.78. The lowest BCUT2D eigenvalue weighted by Crippen LogP contribution is -2.30. The number of hydrogen-bond donors (Lipinski definition) is 2. The molecule has 0 aliphatic heterocycles. The van der Waals surface area contributed by atoms with Crippen LogP contribution < -0.4 is 10.0 Å². The Morgan fingerprint density at radius 3 is 2.44 bits per heavy atom. The molecule has 0 fully saturated rings. The van der Waals surface area contributed by atoms with Gasteiger partial charge in [0.25, 0.3) is 15.9 Å². The van der Waals surface area contributed by atoms with E-state index in [0.29, 0.717) is 5.56 Å². The van der Waals surface area contributed by atoms with Gasteiger partial charge in [-0.1, -0.05) is 42.5 Å². The highest BCUT2D eigenvalue weighted by atomic mass is 32.2. The largest absolute Gasteiger partial charge is 0.460 e. The Bertz CT molecular complexity index is 1230. The fourth-order valence-corrected chi connectivity index (χ4v) is 3.78. The molecule has 3 aromatic carbocycles. The zero-order valence-electron chi connectivity index (χ0n) is 17.2. The normalized spacial score (nSPS) is 10.9. The van der Waals surface area contributed by atoms with Gasteiger partial charge in [0.15, 0.2) is 0 Å². The standard InChI is InChI=1S/C23H21FN2O5S/c1-16-10-11-20(13-21(16)24)32(29,30)26-19-9-5-8-18(12-19)23(28)25-14-22(27)31-15-17-6-3-2-4-7-17/h2-13,26H,14-15H2,1H3,(H,25,28). The Hall–Kier alpha value is -3.72. The number of carbonyl (C=O) groups is 2. The summed E-state index contributed by atoms with van der Waals surface area (Å²) in [5, 5.41) is 2.43. The van der Waals surface area contributed by atoms with Gasteiger partial charge in [-0.25, -0.2) is 12.8 Å².